The lowest BCUT2D eigenvalue weighted by atomic mass is 9.96. The molecule has 28 heavy (non-hydrogen) atoms. The maximum Gasteiger partial charge on any atom is 0.293 e. The summed E-state index contributed by atoms with van der Waals surface area (Å²) in [4.78, 5) is 25.5. The zero-order valence-electron chi connectivity index (χ0n) is 15.5. The highest BCUT2D eigenvalue weighted by Gasteiger charge is 2.20. The number of carbonyl (C=O) groups excluding carboxylic acids is 1. The third kappa shape index (κ3) is 4.01. The maximum absolute atomic E-state index is 10.7. The van der Waals surface area contributed by atoms with Crippen molar-refractivity contribution >= 4 is 41.0 Å². The van der Waals surface area contributed by atoms with Crippen LogP contribution in [0.25, 0.3) is 21.6 Å². The second kappa shape index (κ2) is 8.26. The van der Waals surface area contributed by atoms with Gasteiger partial charge in [0.2, 0.25) is 0 Å². The van der Waals surface area contributed by atoms with E-state index in [9.17, 15) is 9.90 Å². The summed E-state index contributed by atoms with van der Waals surface area (Å²) < 4.78 is 6.52. The maximum atomic E-state index is 10.7. The lowest BCUT2D eigenvalue weighted by molar-refractivity contribution is 0.122. The van der Waals surface area contributed by atoms with Crippen LogP contribution in [0.2, 0.25) is 0 Å². The van der Waals surface area contributed by atoms with E-state index in [2.05, 4.69) is 4.90 Å². The van der Waals surface area contributed by atoms with Crippen LogP contribution in [-0.2, 0) is 16.1 Å². The normalized spacial score (nSPS) is 14.6. The average Bonchev–Trinajstić information content (AvgIpc) is 3.10. The Balaban J connectivity index is 1.79. The number of phenolic OH excluding ortho intramolecular Hbond substituents is 1. The first-order valence-corrected chi connectivity index (χ1v) is 9.87. The molecule has 1 aliphatic rings. The molecule has 4 rings (SSSR count). The number of hydrogen-bond donors (Lipinski definition) is 1. The highest BCUT2D eigenvalue weighted by atomic mass is 32.1. The fourth-order valence-corrected chi connectivity index (χ4v) is 4.38. The van der Waals surface area contributed by atoms with Crippen LogP contribution in [0.15, 0.2) is 30.3 Å². The number of phenols is 1. The van der Waals surface area contributed by atoms with Crippen LogP contribution in [-0.4, -0.2) is 66.8 Å². The molecule has 1 saturated heterocycles. The van der Waals surface area contributed by atoms with Gasteiger partial charge in [-0.1, -0.05) is 12.1 Å². The number of aromatic hydroxyl groups is 1. The molecule has 0 atom stereocenters. The molecule has 3 heterocycles. The predicted molar refractivity (Wildman–Crippen MR) is 112 cm³/mol. The minimum atomic E-state index is 0.186. The second-order valence-corrected chi connectivity index (χ2v) is 7.78. The minimum absolute atomic E-state index is 0.186. The number of nitrogens with zero attached hydrogens (tertiary/aromatic N) is 4. The summed E-state index contributed by atoms with van der Waals surface area (Å²) in [6, 6.07) is 9.03. The molecule has 143 valence electrons. The van der Waals surface area contributed by atoms with Crippen molar-refractivity contribution in [2.75, 3.05) is 38.3 Å². The van der Waals surface area contributed by atoms with Gasteiger partial charge < -0.3 is 24.3 Å². The molecule has 0 spiro atoms. The van der Waals surface area contributed by atoms with Crippen LogP contribution in [0, 0.1) is 0 Å². The topological polar surface area (TPSA) is 78.8 Å². The second-order valence-electron chi connectivity index (χ2n) is 6.65. The first kappa shape index (κ1) is 18.9. The zero-order valence-corrected chi connectivity index (χ0v) is 16.4. The van der Waals surface area contributed by atoms with Crippen molar-refractivity contribution in [2.45, 2.75) is 6.54 Å². The van der Waals surface area contributed by atoms with Gasteiger partial charge in [0.25, 0.3) is 7.41 Å². The summed E-state index contributed by atoms with van der Waals surface area (Å²) in [5.41, 5.74) is 1.64. The van der Waals surface area contributed by atoms with Crippen molar-refractivity contribution in [1.29, 1.82) is 0 Å². The van der Waals surface area contributed by atoms with Gasteiger partial charge in [0, 0.05) is 30.1 Å². The number of thiophene rings is 1. The van der Waals surface area contributed by atoms with Gasteiger partial charge in [-0.25, -0.2) is 9.97 Å². The van der Waals surface area contributed by atoms with E-state index in [1.54, 1.807) is 29.5 Å². The Bertz CT molecular complexity index is 990. The molecule has 0 unspecified atom stereocenters. The van der Waals surface area contributed by atoms with Crippen LogP contribution in [0.1, 0.15) is 4.88 Å². The van der Waals surface area contributed by atoms with Gasteiger partial charge in [0.15, 0.2) is 11.6 Å². The number of carbonyl (C=O) groups is 1. The van der Waals surface area contributed by atoms with Crippen molar-refractivity contribution in [2.24, 2.45) is 0 Å². The number of aromatic nitrogens is 2. The van der Waals surface area contributed by atoms with Crippen molar-refractivity contribution < 1.29 is 14.6 Å². The highest BCUT2D eigenvalue weighted by molar-refractivity contribution is 7.19. The lowest BCUT2D eigenvalue weighted by Gasteiger charge is -2.28. The number of fused-ring (bicyclic) bond motifs is 1. The first-order valence-electron chi connectivity index (χ1n) is 9.05. The number of anilines is 1. The van der Waals surface area contributed by atoms with Gasteiger partial charge in [0.05, 0.1) is 29.6 Å². The molecule has 2 aromatic heterocycles. The lowest BCUT2D eigenvalue weighted by Crippen LogP contribution is -2.36. The molecular formula is C19H20BN4O3S. The van der Waals surface area contributed by atoms with E-state index in [0.717, 1.165) is 45.8 Å². The zero-order chi connectivity index (χ0) is 19.5. The van der Waals surface area contributed by atoms with E-state index in [-0.39, 0.29) is 5.75 Å². The van der Waals surface area contributed by atoms with Crippen molar-refractivity contribution in [3.05, 3.63) is 35.2 Å². The average molecular weight is 395 g/mol. The van der Waals surface area contributed by atoms with E-state index in [1.165, 1.54) is 7.41 Å². The van der Waals surface area contributed by atoms with Gasteiger partial charge in [-0.15, -0.1) is 11.3 Å². The van der Waals surface area contributed by atoms with Gasteiger partial charge in [-0.05, 0) is 25.2 Å². The first-order chi connectivity index (χ1) is 13.6. The molecule has 1 N–H and O–H groups in total. The Kier molecular flexibility index (Phi) is 5.56. The summed E-state index contributed by atoms with van der Waals surface area (Å²) in [7, 11) is 3.38. The van der Waals surface area contributed by atoms with Crippen LogP contribution >= 0.6 is 11.3 Å². The van der Waals surface area contributed by atoms with Crippen LogP contribution < -0.4 is 4.90 Å². The molecule has 3 aromatic rings. The van der Waals surface area contributed by atoms with E-state index < -0.39 is 0 Å². The van der Waals surface area contributed by atoms with E-state index >= 15 is 0 Å². The molecular weight excluding hydrogens is 375 g/mol. The summed E-state index contributed by atoms with van der Waals surface area (Å²) in [5.74, 6) is 1.66. The van der Waals surface area contributed by atoms with Gasteiger partial charge in [0.1, 0.15) is 5.75 Å². The van der Waals surface area contributed by atoms with Gasteiger partial charge in [-0.2, -0.15) is 0 Å². The molecule has 1 radical (unpaired) electrons. The van der Waals surface area contributed by atoms with E-state index in [4.69, 9.17) is 14.7 Å². The largest absolute Gasteiger partial charge is 0.508 e. The Morgan fingerprint density at radius 3 is 2.89 bits per heavy atom. The SMILES string of the molecule is CN([B]C=O)Cc1cc2nc(-c3cccc(O)c3)nc(N3CCOCC3)c2s1. The standard InChI is InChI=1S/C19H20BN4O3S/c1-23(20-12-25)11-15-10-16-17(28-15)19(24-5-7-27-8-6-24)22-18(21-16)13-3-2-4-14(26)9-13/h2-4,9-10,12,26H,5-8,11H2,1H3. The Morgan fingerprint density at radius 2 is 2.14 bits per heavy atom. The Hall–Kier alpha value is -2.49. The number of morpholine rings is 1. The van der Waals surface area contributed by atoms with Crippen molar-refractivity contribution in [3.63, 3.8) is 0 Å². The Morgan fingerprint density at radius 1 is 1.32 bits per heavy atom. The molecule has 9 heteroatoms. The minimum Gasteiger partial charge on any atom is -0.508 e. The quantitative estimate of drug-likeness (QED) is 0.506. The van der Waals surface area contributed by atoms with Crippen LogP contribution in [0.3, 0.4) is 0 Å². The van der Waals surface area contributed by atoms with Gasteiger partial charge >= 0.3 is 0 Å². The molecule has 0 aliphatic carbocycles. The summed E-state index contributed by atoms with van der Waals surface area (Å²) >= 11 is 1.64. The summed E-state index contributed by atoms with van der Waals surface area (Å²) in [6.45, 7) is 3.52. The molecule has 0 saturated carbocycles. The summed E-state index contributed by atoms with van der Waals surface area (Å²) in [6.07, 6.45) is 0.784. The van der Waals surface area contributed by atoms with E-state index in [0.29, 0.717) is 25.6 Å². The Labute approximate surface area is 167 Å². The highest BCUT2D eigenvalue weighted by Crippen LogP contribution is 2.35. The molecule has 1 aliphatic heterocycles. The number of hydrogen-bond acceptors (Lipinski definition) is 8. The molecule has 1 fully saturated rings. The number of benzene rings is 1. The van der Waals surface area contributed by atoms with Gasteiger partial charge in [-0.3, -0.25) is 0 Å². The van der Waals surface area contributed by atoms with E-state index in [1.807, 2.05) is 24.0 Å². The number of ether oxygens (including phenoxy) is 1. The fourth-order valence-electron chi connectivity index (χ4n) is 3.21. The monoisotopic (exact) mass is 395 g/mol. The fraction of sp³-hybridized carbons (Fsp3) is 0.316. The smallest absolute Gasteiger partial charge is 0.293 e. The molecule has 0 bridgehead atoms. The van der Waals surface area contributed by atoms with Crippen LogP contribution in [0.4, 0.5) is 5.82 Å². The van der Waals surface area contributed by atoms with Crippen LogP contribution in [0.5, 0.6) is 5.75 Å². The third-order valence-electron chi connectivity index (χ3n) is 4.54. The third-order valence-corrected chi connectivity index (χ3v) is 5.65. The molecule has 0 amide bonds. The van der Waals surface area contributed by atoms with Crippen molar-refractivity contribution in [3.8, 4) is 17.1 Å². The number of rotatable bonds is 6. The predicted octanol–water partition coefficient (Wildman–Crippen LogP) is 2.14. The molecule has 1 aromatic carbocycles. The molecule has 7 nitrogen and oxygen atoms in total. The summed E-state index contributed by atoms with van der Waals surface area (Å²) in [5, 5.41) is 9.84. The van der Waals surface area contributed by atoms with Crippen molar-refractivity contribution in [1.82, 2.24) is 14.8 Å².